The molecule has 0 N–H and O–H groups in total. The zero-order chi connectivity index (χ0) is 18.4. The van der Waals surface area contributed by atoms with Crippen LogP contribution < -0.4 is 9.47 Å². The Bertz CT molecular complexity index is 743. The van der Waals surface area contributed by atoms with Gasteiger partial charge in [0, 0.05) is 12.1 Å². The Labute approximate surface area is 138 Å². The Morgan fingerprint density at radius 3 is 2.08 bits per heavy atom. The normalized spacial score (nSPS) is 10.8. The van der Waals surface area contributed by atoms with Gasteiger partial charge in [-0.2, -0.15) is 0 Å². The lowest BCUT2D eigenvalue weighted by atomic mass is 10.2. The molecule has 2 aromatic carbocycles. The number of rotatable bonds is 5. The van der Waals surface area contributed by atoms with Crippen molar-refractivity contribution in [2.75, 3.05) is 0 Å². The standard InChI is InChI=1S/C15H10F3NO6/c16-15(17,18)25-13-5-1-10(2-6-13)9-23-14(20)24-12-7-3-11(4-8-12)19(21)22/h1-8H,9H2. The van der Waals surface area contributed by atoms with Crippen LogP contribution >= 0.6 is 0 Å². The molecule has 0 unspecified atom stereocenters. The molecule has 0 heterocycles. The minimum atomic E-state index is -4.79. The molecule has 132 valence electrons. The predicted molar refractivity (Wildman–Crippen MR) is 77.0 cm³/mol. The number of alkyl halides is 3. The van der Waals surface area contributed by atoms with E-state index in [4.69, 9.17) is 9.47 Å². The lowest BCUT2D eigenvalue weighted by molar-refractivity contribution is -0.384. The lowest BCUT2D eigenvalue weighted by Crippen LogP contribution is -2.17. The number of halogens is 3. The first-order chi connectivity index (χ1) is 11.7. The first-order valence-corrected chi connectivity index (χ1v) is 6.67. The molecule has 0 radical (unpaired) electrons. The third kappa shape index (κ3) is 6.01. The zero-order valence-electron chi connectivity index (χ0n) is 12.4. The van der Waals surface area contributed by atoms with Gasteiger partial charge in [-0.05, 0) is 29.8 Å². The van der Waals surface area contributed by atoms with Crippen molar-refractivity contribution < 1.29 is 37.1 Å². The molecular weight excluding hydrogens is 347 g/mol. The van der Waals surface area contributed by atoms with Crippen molar-refractivity contribution in [1.82, 2.24) is 0 Å². The van der Waals surface area contributed by atoms with Crippen molar-refractivity contribution in [3.05, 3.63) is 64.2 Å². The lowest BCUT2D eigenvalue weighted by Gasteiger charge is -2.09. The molecule has 0 aliphatic rings. The van der Waals surface area contributed by atoms with E-state index in [9.17, 15) is 28.1 Å². The molecule has 7 nitrogen and oxygen atoms in total. The third-order valence-electron chi connectivity index (χ3n) is 2.76. The van der Waals surface area contributed by atoms with E-state index >= 15 is 0 Å². The summed E-state index contributed by atoms with van der Waals surface area (Å²) in [7, 11) is 0. The molecule has 2 rings (SSSR count). The molecule has 0 aliphatic heterocycles. The van der Waals surface area contributed by atoms with E-state index in [1.165, 1.54) is 24.3 Å². The maximum Gasteiger partial charge on any atom is 0.573 e. The van der Waals surface area contributed by atoms with E-state index in [1.807, 2.05) is 0 Å². The van der Waals surface area contributed by atoms with Crippen molar-refractivity contribution in [1.29, 1.82) is 0 Å². The summed E-state index contributed by atoms with van der Waals surface area (Å²) in [5.74, 6) is -0.353. The highest BCUT2D eigenvalue weighted by atomic mass is 19.4. The van der Waals surface area contributed by atoms with E-state index in [2.05, 4.69) is 4.74 Å². The van der Waals surface area contributed by atoms with Crippen molar-refractivity contribution in [3.63, 3.8) is 0 Å². The van der Waals surface area contributed by atoms with Gasteiger partial charge in [-0.15, -0.1) is 13.2 Å². The van der Waals surface area contributed by atoms with Gasteiger partial charge < -0.3 is 14.2 Å². The quantitative estimate of drug-likeness (QED) is 0.345. The highest BCUT2D eigenvalue weighted by Gasteiger charge is 2.30. The van der Waals surface area contributed by atoms with Gasteiger partial charge in [0.2, 0.25) is 0 Å². The minimum Gasteiger partial charge on any atom is -0.429 e. The molecule has 10 heteroatoms. The Balaban J connectivity index is 1.84. The van der Waals surface area contributed by atoms with Gasteiger partial charge in [0.1, 0.15) is 18.1 Å². The summed E-state index contributed by atoms with van der Waals surface area (Å²) < 4.78 is 49.4. The highest BCUT2D eigenvalue weighted by molar-refractivity contribution is 5.64. The van der Waals surface area contributed by atoms with E-state index < -0.39 is 23.2 Å². The van der Waals surface area contributed by atoms with Gasteiger partial charge in [-0.3, -0.25) is 10.1 Å². The Morgan fingerprint density at radius 1 is 1.00 bits per heavy atom. The van der Waals surface area contributed by atoms with Crippen molar-refractivity contribution in [3.8, 4) is 11.5 Å². The first kappa shape index (κ1) is 18.0. The van der Waals surface area contributed by atoms with Crippen molar-refractivity contribution >= 4 is 11.8 Å². The van der Waals surface area contributed by atoms with Crippen LogP contribution in [0.15, 0.2) is 48.5 Å². The van der Waals surface area contributed by atoms with Gasteiger partial charge in [-0.1, -0.05) is 12.1 Å². The number of hydrogen-bond acceptors (Lipinski definition) is 6. The van der Waals surface area contributed by atoms with Crippen LogP contribution in [0, 0.1) is 10.1 Å². The number of nitro benzene ring substituents is 1. The second-order valence-electron chi connectivity index (χ2n) is 4.58. The van der Waals surface area contributed by atoms with Gasteiger partial charge >= 0.3 is 12.5 Å². The van der Waals surface area contributed by atoms with Crippen LogP contribution in [0.2, 0.25) is 0 Å². The van der Waals surface area contributed by atoms with E-state index in [-0.39, 0.29) is 18.0 Å². The Hall–Kier alpha value is -3.30. The number of carbonyl (C=O) groups is 1. The maximum atomic E-state index is 12.0. The van der Waals surface area contributed by atoms with Crippen LogP contribution in [0.5, 0.6) is 11.5 Å². The van der Waals surface area contributed by atoms with Crippen LogP contribution in [0.25, 0.3) is 0 Å². The molecule has 0 spiro atoms. The maximum absolute atomic E-state index is 12.0. The fourth-order valence-corrected chi connectivity index (χ4v) is 1.69. The number of nitro groups is 1. The molecule has 0 bridgehead atoms. The molecule has 25 heavy (non-hydrogen) atoms. The zero-order valence-corrected chi connectivity index (χ0v) is 12.4. The topological polar surface area (TPSA) is 87.9 Å². The Morgan fingerprint density at radius 2 is 1.56 bits per heavy atom. The second-order valence-corrected chi connectivity index (χ2v) is 4.58. The van der Waals surface area contributed by atoms with E-state index in [0.29, 0.717) is 5.56 Å². The predicted octanol–water partition coefficient (Wildman–Crippen LogP) is 4.21. The molecule has 0 saturated carbocycles. The summed E-state index contributed by atoms with van der Waals surface area (Å²) in [6.45, 7) is -0.238. The van der Waals surface area contributed by atoms with Crippen molar-refractivity contribution in [2.45, 2.75) is 13.0 Å². The average molecular weight is 357 g/mol. The molecule has 0 atom stereocenters. The van der Waals surface area contributed by atoms with E-state index in [0.717, 1.165) is 24.3 Å². The van der Waals surface area contributed by atoms with Crippen LogP contribution in [-0.4, -0.2) is 17.4 Å². The Kier molecular flexibility index (Phi) is 5.42. The molecule has 0 aliphatic carbocycles. The van der Waals surface area contributed by atoms with Gasteiger partial charge in [0.25, 0.3) is 5.69 Å². The molecule has 0 fully saturated rings. The number of hydrogen-bond donors (Lipinski definition) is 0. The van der Waals surface area contributed by atoms with Crippen LogP contribution in [0.1, 0.15) is 5.56 Å². The smallest absolute Gasteiger partial charge is 0.429 e. The monoisotopic (exact) mass is 357 g/mol. The molecule has 0 amide bonds. The number of carbonyl (C=O) groups excluding carboxylic acids is 1. The third-order valence-corrected chi connectivity index (χ3v) is 2.76. The number of non-ortho nitro benzene ring substituents is 1. The van der Waals surface area contributed by atoms with Crippen molar-refractivity contribution in [2.24, 2.45) is 0 Å². The number of ether oxygens (including phenoxy) is 3. The summed E-state index contributed by atoms with van der Waals surface area (Å²) in [6, 6.07) is 9.50. The summed E-state index contributed by atoms with van der Waals surface area (Å²) >= 11 is 0. The summed E-state index contributed by atoms with van der Waals surface area (Å²) in [5.41, 5.74) is 0.247. The minimum absolute atomic E-state index is 0.0459. The molecule has 0 aromatic heterocycles. The van der Waals surface area contributed by atoms with E-state index in [1.54, 1.807) is 0 Å². The summed E-state index contributed by atoms with van der Waals surface area (Å²) in [6.07, 6.45) is -5.85. The van der Waals surface area contributed by atoms with Gasteiger partial charge in [0.15, 0.2) is 0 Å². The highest BCUT2D eigenvalue weighted by Crippen LogP contribution is 2.23. The molecular formula is C15H10F3NO6. The number of nitrogens with zero attached hydrogens (tertiary/aromatic N) is 1. The number of benzene rings is 2. The molecule has 2 aromatic rings. The average Bonchev–Trinajstić information content (AvgIpc) is 2.53. The fraction of sp³-hybridized carbons (Fsp3) is 0.133. The first-order valence-electron chi connectivity index (χ1n) is 6.67. The summed E-state index contributed by atoms with van der Waals surface area (Å²) in [5, 5.41) is 10.5. The van der Waals surface area contributed by atoms with Crippen LogP contribution in [0.4, 0.5) is 23.7 Å². The fourth-order valence-electron chi connectivity index (χ4n) is 1.69. The summed E-state index contributed by atoms with van der Waals surface area (Å²) in [4.78, 5) is 21.4. The van der Waals surface area contributed by atoms with Crippen LogP contribution in [0.3, 0.4) is 0 Å². The van der Waals surface area contributed by atoms with Gasteiger partial charge in [0.05, 0.1) is 4.92 Å². The SMILES string of the molecule is O=C(OCc1ccc(OC(F)(F)F)cc1)Oc1ccc([N+](=O)[O-])cc1. The second kappa shape index (κ2) is 7.51. The van der Waals surface area contributed by atoms with Crippen LogP contribution in [-0.2, 0) is 11.3 Å². The van der Waals surface area contributed by atoms with Gasteiger partial charge in [-0.25, -0.2) is 4.79 Å². The molecule has 0 saturated heterocycles. The largest absolute Gasteiger partial charge is 0.573 e.